The van der Waals surface area contributed by atoms with E-state index in [1.807, 2.05) is 0 Å². The topological polar surface area (TPSA) is 159 Å². The zero-order valence-corrected chi connectivity index (χ0v) is 20.9. The second kappa shape index (κ2) is 14.5. The van der Waals surface area contributed by atoms with Gasteiger partial charge in [-0.05, 0) is 37.9 Å². The zero-order chi connectivity index (χ0) is 28.3. The summed E-state index contributed by atoms with van der Waals surface area (Å²) in [5.41, 5.74) is 6.74. The molecule has 5 N–H and O–H groups in total. The lowest BCUT2D eigenvalue weighted by molar-refractivity contribution is -0.192. The highest BCUT2D eigenvalue weighted by atomic mass is 19.4. The van der Waals surface area contributed by atoms with Crippen LogP contribution in [0.1, 0.15) is 84.9 Å². The predicted molar refractivity (Wildman–Crippen MR) is 131 cm³/mol. The fourth-order valence-corrected chi connectivity index (χ4v) is 4.22. The molecule has 3 rings (SSSR count). The van der Waals surface area contributed by atoms with Crippen molar-refractivity contribution in [1.29, 1.82) is 0 Å². The first-order valence-corrected chi connectivity index (χ1v) is 12.6. The first-order valence-electron chi connectivity index (χ1n) is 12.6. The molecule has 2 heterocycles. The number of piperidine rings is 1. The van der Waals surface area contributed by atoms with Crippen LogP contribution in [0.4, 0.5) is 18.9 Å². The number of hydrogen-bond donors (Lipinski definition) is 4. The number of anilines is 1. The van der Waals surface area contributed by atoms with Gasteiger partial charge in [0.05, 0.1) is 11.1 Å². The number of rotatable bonds is 12. The summed E-state index contributed by atoms with van der Waals surface area (Å²) >= 11 is 0. The van der Waals surface area contributed by atoms with E-state index in [-0.39, 0.29) is 18.7 Å². The minimum absolute atomic E-state index is 0.113. The van der Waals surface area contributed by atoms with Gasteiger partial charge >= 0.3 is 12.1 Å². The van der Waals surface area contributed by atoms with Gasteiger partial charge in [-0.2, -0.15) is 13.2 Å². The highest BCUT2D eigenvalue weighted by molar-refractivity contribution is 6.25. The van der Waals surface area contributed by atoms with Crippen molar-refractivity contribution in [2.24, 2.45) is 5.73 Å². The number of benzene rings is 1. The number of nitrogens with zero attached hydrogens (tertiary/aromatic N) is 1. The van der Waals surface area contributed by atoms with Crippen LogP contribution in [-0.2, 0) is 14.4 Å². The van der Waals surface area contributed by atoms with E-state index >= 15 is 0 Å². The Morgan fingerprint density at radius 1 is 1.00 bits per heavy atom. The molecule has 2 aliphatic heterocycles. The molecule has 1 fully saturated rings. The Hall–Kier alpha value is -3.48. The van der Waals surface area contributed by atoms with Gasteiger partial charge < -0.3 is 16.2 Å². The van der Waals surface area contributed by atoms with Gasteiger partial charge in [-0.1, -0.05) is 44.6 Å². The van der Waals surface area contributed by atoms with Gasteiger partial charge in [0.25, 0.3) is 11.8 Å². The molecular formula is C25H33F3N4O6. The zero-order valence-electron chi connectivity index (χ0n) is 20.9. The number of unbranched alkanes of at least 4 members (excludes halogenated alkanes) is 7. The summed E-state index contributed by atoms with van der Waals surface area (Å²) in [5.74, 6) is -4.69. The average Bonchev–Trinajstić information content (AvgIpc) is 3.10. The minimum atomic E-state index is -5.08. The molecule has 1 aromatic carbocycles. The summed E-state index contributed by atoms with van der Waals surface area (Å²) in [4.78, 5) is 59.4. The van der Waals surface area contributed by atoms with Crippen LogP contribution in [0, 0.1) is 0 Å². The molecule has 0 aromatic heterocycles. The van der Waals surface area contributed by atoms with Gasteiger partial charge in [-0.25, -0.2) is 4.79 Å². The number of fused-ring (bicyclic) bond motifs is 1. The first kappa shape index (κ1) is 30.7. The molecular weight excluding hydrogens is 509 g/mol. The van der Waals surface area contributed by atoms with E-state index in [0.717, 1.165) is 30.7 Å². The Bertz CT molecular complexity index is 1030. The second-order valence-corrected chi connectivity index (χ2v) is 9.02. The van der Waals surface area contributed by atoms with Crippen LogP contribution in [0.15, 0.2) is 18.2 Å². The summed E-state index contributed by atoms with van der Waals surface area (Å²) < 4.78 is 31.7. The lowest BCUT2D eigenvalue weighted by Crippen LogP contribution is -2.54. The van der Waals surface area contributed by atoms with E-state index in [4.69, 9.17) is 15.6 Å². The van der Waals surface area contributed by atoms with E-state index < -0.39 is 35.9 Å². The third-order valence-corrected chi connectivity index (χ3v) is 6.16. The Morgan fingerprint density at radius 2 is 1.58 bits per heavy atom. The van der Waals surface area contributed by atoms with Crippen molar-refractivity contribution in [3.05, 3.63) is 29.3 Å². The number of hydrogen-bond acceptors (Lipinski definition) is 7. The second-order valence-electron chi connectivity index (χ2n) is 9.02. The van der Waals surface area contributed by atoms with Crippen molar-refractivity contribution in [2.45, 2.75) is 76.4 Å². The Morgan fingerprint density at radius 3 is 2.13 bits per heavy atom. The number of nitrogens with two attached hydrogens (primary N) is 1. The molecule has 2 aliphatic rings. The highest BCUT2D eigenvalue weighted by Crippen LogP contribution is 2.32. The molecule has 0 spiro atoms. The quantitative estimate of drug-likeness (QED) is 0.231. The molecule has 10 nitrogen and oxygen atoms in total. The number of imide groups is 2. The van der Waals surface area contributed by atoms with Crippen molar-refractivity contribution in [3.63, 3.8) is 0 Å². The van der Waals surface area contributed by atoms with E-state index in [1.165, 1.54) is 32.1 Å². The number of nitrogens with one attached hydrogen (secondary N) is 2. The van der Waals surface area contributed by atoms with Crippen LogP contribution < -0.4 is 16.4 Å². The van der Waals surface area contributed by atoms with Crippen LogP contribution in [-0.4, -0.2) is 64.9 Å². The molecule has 13 heteroatoms. The van der Waals surface area contributed by atoms with Crippen LogP contribution in [0.5, 0.6) is 0 Å². The SMILES string of the molecule is NCCCCCCCCCCNc1cccc2c1C(=O)N(C1CCC(=O)NC1=O)C2=O.O=C(O)C(F)(F)F. The Kier molecular flexibility index (Phi) is 11.7. The molecule has 0 bridgehead atoms. The van der Waals surface area contributed by atoms with E-state index in [2.05, 4.69) is 10.6 Å². The molecule has 210 valence electrons. The van der Waals surface area contributed by atoms with Crippen LogP contribution in [0.25, 0.3) is 0 Å². The third kappa shape index (κ3) is 8.54. The van der Waals surface area contributed by atoms with E-state index in [1.54, 1.807) is 18.2 Å². The molecule has 1 unspecified atom stereocenters. The monoisotopic (exact) mass is 542 g/mol. The molecule has 0 radical (unpaired) electrons. The normalized spacial score (nSPS) is 17.1. The number of alkyl halides is 3. The van der Waals surface area contributed by atoms with E-state index in [0.29, 0.717) is 23.4 Å². The first-order chi connectivity index (χ1) is 18.0. The van der Waals surface area contributed by atoms with Crippen molar-refractivity contribution >= 4 is 35.3 Å². The van der Waals surface area contributed by atoms with Crippen LogP contribution >= 0.6 is 0 Å². The number of carbonyl (C=O) groups excluding carboxylic acids is 4. The Labute approximate surface area is 218 Å². The molecule has 1 saturated heterocycles. The number of carboxylic acids is 1. The van der Waals surface area contributed by atoms with Crippen LogP contribution in [0.2, 0.25) is 0 Å². The largest absolute Gasteiger partial charge is 0.490 e. The number of carboxylic acid groups (broad SMARTS) is 1. The maximum Gasteiger partial charge on any atom is 0.490 e. The molecule has 1 aromatic rings. The standard InChI is InChI=1S/C23H32N4O4.C2HF3O2/c24-14-7-5-3-1-2-4-6-8-15-25-17-11-9-10-16-20(17)23(31)27(22(16)30)18-12-13-19(28)26-21(18)29;3-2(4,5)1(6)7/h9-11,18,25H,1-8,12-15,24H2,(H,26,28,29);(H,6,7). The van der Waals surface area contributed by atoms with Crippen molar-refractivity contribution < 1.29 is 42.3 Å². The van der Waals surface area contributed by atoms with Gasteiger partial charge in [0.1, 0.15) is 6.04 Å². The third-order valence-electron chi connectivity index (χ3n) is 6.16. The van der Waals surface area contributed by atoms with Crippen molar-refractivity contribution in [3.8, 4) is 0 Å². The predicted octanol–water partition coefficient (Wildman–Crippen LogP) is 3.21. The van der Waals surface area contributed by atoms with Crippen molar-refractivity contribution in [2.75, 3.05) is 18.4 Å². The maximum atomic E-state index is 13.0. The Balaban J connectivity index is 0.000000638. The summed E-state index contributed by atoms with van der Waals surface area (Å²) in [6.07, 6.45) is 4.47. The maximum absolute atomic E-state index is 13.0. The minimum Gasteiger partial charge on any atom is -0.475 e. The lowest BCUT2D eigenvalue weighted by Gasteiger charge is -2.27. The summed E-state index contributed by atoms with van der Waals surface area (Å²) in [7, 11) is 0. The van der Waals surface area contributed by atoms with Gasteiger partial charge in [0.15, 0.2) is 0 Å². The summed E-state index contributed by atoms with van der Waals surface area (Å²) in [6, 6.07) is 4.19. The number of carbonyl (C=O) groups is 5. The van der Waals surface area contributed by atoms with E-state index in [9.17, 15) is 32.3 Å². The smallest absolute Gasteiger partial charge is 0.475 e. The fraction of sp³-hybridized carbons (Fsp3) is 0.560. The molecule has 1 atom stereocenters. The molecule has 0 saturated carbocycles. The van der Waals surface area contributed by atoms with Gasteiger partial charge in [-0.3, -0.25) is 29.4 Å². The van der Waals surface area contributed by atoms with Gasteiger partial charge in [0, 0.05) is 18.7 Å². The van der Waals surface area contributed by atoms with Crippen LogP contribution in [0.3, 0.4) is 0 Å². The summed E-state index contributed by atoms with van der Waals surface area (Å²) in [6.45, 7) is 1.48. The highest BCUT2D eigenvalue weighted by Gasteiger charge is 2.45. The average molecular weight is 543 g/mol. The van der Waals surface area contributed by atoms with Gasteiger partial charge in [0.2, 0.25) is 11.8 Å². The number of halogens is 3. The van der Waals surface area contributed by atoms with Gasteiger partial charge in [-0.15, -0.1) is 0 Å². The molecule has 4 amide bonds. The fourth-order valence-electron chi connectivity index (χ4n) is 4.22. The summed E-state index contributed by atoms with van der Waals surface area (Å²) in [5, 5.41) is 12.6. The van der Waals surface area contributed by atoms with Crippen molar-refractivity contribution in [1.82, 2.24) is 10.2 Å². The number of amides is 4. The molecule has 0 aliphatic carbocycles. The number of aliphatic carboxylic acids is 1. The lowest BCUT2D eigenvalue weighted by atomic mass is 10.0. The molecule has 38 heavy (non-hydrogen) atoms.